The molecule has 0 bridgehead atoms. The van der Waals surface area contributed by atoms with E-state index in [1.807, 2.05) is 28.8 Å². The van der Waals surface area contributed by atoms with E-state index in [9.17, 15) is 9.59 Å². The van der Waals surface area contributed by atoms with Crippen LogP contribution < -0.4 is 10.9 Å². The highest BCUT2D eigenvalue weighted by atomic mass is 16.2. The molecule has 0 atom stereocenters. The smallest absolute Gasteiger partial charge is 0.291 e. The van der Waals surface area contributed by atoms with Gasteiger partial charge in [0.25, 0.3) is 5.56 Å². The summed E-state index contributed by atoms with van der Waals surface area (Å²) in [6.07, 6.45) is 9.24. The summed E-state index contributed by atoms with van der Waals surface area (Å²) in [5.74, 6) is -0.0724. The van der Waals surface area contributed by atoms with Gasteiger partial charge in [0.15, 0.2) is 0 Å². The van der Waals surface area contributed by atoms with Crippen molar-refractivity contribution in [1.82, 2.24) is 24.6 Å². The maximum Gasteiger partial charge on any atom is 0.291 e. The van der Waals surface area contributed by atoms with Crippen molar-refractivity contribution in [2.45, 2.75) is 51.1 Å². The lowest BCUT2D eigenvalue weighted by atomic mass is 9.94. The second kappa shape index (κ2) is 9.00. The van der Waals surface area contributed by atoms with E-state index < -0.39 is 0 Å². The van der Waals surface area contributed by atoms with Crippen LogP contribution in [0.2, 0.25) is 0 Å². The summed E-state index contributed by atoms with van der Waals surface area (Å²) in [7, 11) is 3.83. The molecule has 3 aromatic rings. The summed E-state index contributed by atoms with van der Waals surface area (Å²) in [6, 6.07) is 8.47. The third-order valence-electron chi connectivity index (χ3n) is 6.38. The van der Waals surface area contributed by atoms with Crippen LogP contribution >= 0.6 is 0 Å². The first-order valence-corrected chi connectivity index (χ1v) is 11.0. The number of hydrogen-bond donors (Lipinski definition) is 1. The van der Waals surface area contributed by atoms with Gasteiger partial charge in [-0.3, -0.25) is 9.59 Å². The molecule has 1 N–H and O–H groups in total. The van der Waals surface area contributed by atoms with Crippen molar-refractivity contribution in [2.24, 2.45) is 7.05 Å². The van der Waals surface area contributed by atoms with Gasteiger partial charge in [0.1, 0.15) is 12.1 Å². The zero-order valence-corrected chi connectivity index (χ0v) is 17.9. The van der Waals surface area contributed by atoms with Crippen LogP contribution in [0.15, 0.2) is 35.3 Å². The molecular formula is C23H31N5O2. The molecule has 7 heteroatoms. The first-order chi connectivity index (χ1) is 14.6. The van der Waals surface area contributed by atoms with Crippen molar-refractivity contribution in [2.75, 3.05) is 20.1 Å². The van der Waals surface area contributed by atoms with E-state index in [0.29, 0.717) is 18.1 Å². The van der Waals surface area contributed by atoms with Crippen LogP contribution in [0.4, 0.5) is 0 Å². The van der Waals surface area contributed by atoms with Gasteiger partial charge < -0.3 is 14.8 Å². The van der Waals surface area contributed by atoms with Crippen LogP contribution in [0.1, 0.15) is 38.5 Å². The van der Waals surface area contributed by atoms with Crippen LogP contribution in [0.25, 0.3) is 21.8 Å². The average molecular weight is 410 g/mol. The zero-order valence-electron chi connectivity index (χ0n) is 17.9. The van der Waals surface area contributed by atoms with Crippen molar-refractivity contribution in [3.63, 3.8) is 0 Å². The monoisotopic (exact) mass is 409 g/mol. The van der Waals surface area contributed by atoms with Crippen LogP contribution in [0.3, 0.4) is 0 Å². The zero-order chi connectivity index (χ0) is 21.1. The Morgan fingerprint density at radius 3 is 2.77 bits per heavy atom. The SMILES string of the molecule is CN(CCCNC(=O)Cn1c2ccccc2c2cnn(C)c(=O)c21)C1CCCCC1. The van der Waals surface area contributed by atoms with Gasteiger partial charge in [-0.1, -0.05) is 37.5 Å². The highest BCUT2D eigenvalue weighted by molar-refractivity contribution is 6.07. The molecule has 2 heterocycles. The molecule has 1 fully saturated rings. The number of nitrogens with zero attached hydrogens (tertiary/aromatic N) is 4. The van der Waals surface area contributed by atoms with Gasteiger partial charge in [-0.2, -0.15) is 5.10 Å². The van der Waals surface area contributed by atoms with E-state index in [-0.39, 0.29) is 18.0 Å². The Hall–Kier alpha value is -2.67. The number of benzene rings is 1. The summed E-state index contributed by atoms with van der Waals surface area (Å²) in [5, 5.41) is 8.91. The molecule has 30 heavy (non-hydrogen) atoms. The van der Waals surface area contributed by atoms with Crippen LogP contribution in [0, 0.1) is 0 Å². The van der Waals surface area contributed by atoms with Crippen LogP contribution in [0.5, 0.6) is 0 Å². The molecule has 4 rings (SSSR count). The van der Waals surface area contributed by atoms with Gasteiger partial charge in [0.05, 0.1) is 6.20 Å². The lowest BCUT2D eigenvalue weighted by Gasteiger charge is -2.31. The second-order valence-corrected chi connectivity index (χ2v) is 8.41. The molecule has 0 unspecified atom stereocenters. The number of amides is 1. The molecule has 1 aliphatic rings. The maximum absolute atomic E-state index is 12.7. The van der Waals surface area contributed by atoms with E-state index in [1.165, 1.54) is 36.8 Å². The topological polar surface area (TPSA) is 72.2 Å². The lowest BCUT2D eigenvalue weighted by Crippen LogP contribution is -2.36. The number of para-hydroxylation sites is 1. The molecule has 160 valence electrons. The summed E-state index contributed by atoms with van der Waals surface area (Å²) in [6.45, 7) is 1.76. The Morgan fingerprint density at radius 1 is 1.20 bits per heavy atom. The van der Waals surface area contributed by atoms with Crippen molar-refractivity contribution >= 4 is 27.7 Å². The average Bonchev–Trinajstić information content (AvgIpc) is 3.08. The largest absolute Gasteiger partial charge is 0.355 e. The van der Waals surface area contributed by atoms with E-state index >= 15 is 0 Å². The molecule has 0 spiro atoms. The first-order valence-electron chi connectivity index (χ1n) is 11.0. The van der Waals surface area contributed by atoms with Gasteiger partial charge in [0.2, 0.25) is 5.91 Å². The molecule has 0 saturated heterocycles. The number of aromatic nitrogens is 3. The Kier molecular flexibility index (Phi) is 6.18. The van der Waals surface area contributed by atoms with E-state index in [0.717, 1.165) is 29.3 Å². The van der Waals surface area contributed by atoms with Gasteiger partial charge in [-0.15, -0.1) is 0 Å². The summed E-state index contributed by atoms with van der Waals surface area (Å²) in [5.41, 5.74) is 1.22. The Morgan fingerprint density at radius 2 is 1.97 bits per heavy atom. The number of nitrogens with one attached hydrogen (secondary N) is 1. The molecule has 0 aliphatic heterocycles. The fraction of sp³-hybridized carbons (Fsp3) is 0.522. The number of carbonyl (C=O) groups is 1. The Bertz CT molecular complexity index is 1090. The Labute approximate surface area is 176 Å². The third-order valence-corrected chi connectivity index (χ3v) is 6.38. The lowest BCUT2D eigenvalue weighted by molar-refractivity contribution is -0.121. The van der Waals surface area contributed by atoms with Crippen molar-refractivity contribution in [3.8, 4) is 0 Å². The molecular weight excluding hydrogens is 378 g/mol. The third kappa shape index (κ3) is 4.12. The van der Waals surface area contributed by atoms with Crippen molar-refractivity contribution in [3.05, 3.63) is 40.8 Å². The number of fused-ring (bicyclic) bond motifs is 3. The molecule has 2 aromatic heterocycles. The second-order valence-electron chi connectivity index (χ2n) is 8.41. The predicted molar refractivity (Wildman–Crippen MR) is 120 cm³/mol. The predicted octanol–water partition coefficient (Wildman–Crippen LogP) is 2.66. The minimum absolute atomic E-state index is 0.0724. The molecule has 1 aromatic carbocycles. The minimum atomic E-state index is -0.189. The van der Waals surface area contributed by atoms with E-state index in [1.54, 1.807) is 13.2 Å². The maximum atomic E-state index is 12.7. The van der Waals surface area contributed by atoms with Gasteiger partial charge in [0, 0.05) is 35.9 Å². The quantitative estimate of drug-likeness (QED) is 0.609. The normalized spacial score (nSPS) is 15.3. The first kappa shape index (κ1) is 20.6. The number of aryl methyl sites for hydroxylation is 1. The summed E-state index contributed by atoms with van der Waals surface area (Å²) in [4.78, 5) is 27.8. The highest BCUT2D eigenvalue weighted by Gasteiger charge is 2.18. The minimum Gasteiger partial charge on any atom is -0.355 e. The van der Waals surface area contributed by atoms with Crippen LogP contribution in [-0.2, 0) is 18.4 Å². The van der Waals surface area contributed by atoms with Gasteiger partial charge in [-0.05, 0) is 38.9 Å². The molecule has 1 aliphatic carbocycles. The fourth-order valence-electron chi connectivity index (χ4n) is 4.67. The molecule has 1 saturated carbocycles. The molecule has 1 amide bonds. The van der Waals surface area contributed by atoms with Gasteiger partial charge in [-0.25, -0.2) is 4.68 Å². The Balaban J connectivity index is 1.42. The van der Waals surface area contributed by atoms with Crippen molar-refractivity contribution in [1.29, 1.82) is 0 Å². The summed E-state index contributed by atoms with van der Waals surface area (Å²) >= 11 is 0. The number of carbonyl (C=O) groups excluding carboxylic acids is 1. The fourth-order valence-corrected chi connectivity index (χ4v) is 4.67. The molecule has 7 nitrogen and oxygen atoms in total. The van der Waals surface area contributed by atoms with Gasteiger partial charge >= 0.3 is 0 Å². The van der Waals surface area contributed by atoms with E-state index in [2.05, 4.69) is 22.4 Å². The standard InChI is InChI=1S/C23H31N5O2/c1-26(17-9-4-3-5-10-17)14-8-13-24-21(29)16-28-20-12-7-6-11-18(20)19-15-25-27(2)23(30)22(19)28/h6-7,11-12,15,17H,3-5,8-10,13-14,16H2,1-2H3,(H,24,29). The number of hydrogen-bond acceptors (Lipinski definition) is 4. The van der Waals surface area contributed by atoms with Crippen molar-refractivity contribution < 1.29 is 4.79 Å². The number of rotatable bonds is 7. The highest BCUT2D eigenvalue weighted by Crippen LogP contribution is 2.26. The molecule has 0 radical (unpaired) electrons. The summed E-state index contributed by atoms with van der Waals surface area (Å²) < 4.78 is 3.13. The van der Waals surface area contributed by atoms with Crippen LogP contribution in [-0.4, -0.2) is 51.3 Å². The van der Waals surface area contributed by atoms with E-state index in [4.69, 9.17) is 0 Å².